The molecule has 0 bridgehead atoms. The fourth-order valence-corrected chi connectivity index (χ4v) is 3.39. The van der Waals surface area contributed by atoms with E-state index in [4.69, 9.17) is 9.47 Å². The maximum atomic E-state index is 9.41. The molecule has 0 saturated carbocycles. The smallest absolute Gasteiger partial charge is 0.138 e. The number of hydrogen-bond donors (Lipinski definition) is 0. The Labute approximate surface area is 145 Å². The highest BCUT2D eigenvalue weighted by Gasteiger charge is 2.13. The zero-order valence-corrected chi connectivity index (χ0v) is 14.7. The third-order valence-corrected chi connectivity index (χ3v) is 4.65. The molecule has 0 amide bonds. The van der Waals surface area contributed by atoms with Gasteiger partial charge in [0.05, 0.1) is 29.5 Å². The number of thiazole rings is 1. The van der Waals surface area contributed by atoms with Crippen LogP contribution < -0.4 is 9.47 Å². The minimum Gasteiger partial charge on any atom is -0.495 e. The van der Waals surface area contributed by atoms with Gasteiger partial charge in [0.2, 0.25) is 0 Å². The van der Waals surface area contributed by atoms with E-state index < -0.39 is 0 Å². The van der Waals surface area contributed by atoms with Crippen molar-refractivity contribution in [2.75, 3.05) is 13.7 Å². The van der Waals surface area contributed by atoms with E-state index in [9.17, 15) is 5.26 Å². The van der Waals surface area contributed by atoms with Crippen LogP contribution >= 0.6 is 11.3 Å². The van der Waals surface area contributed by atoms with E-state index in [2.05, 4.69) is 24.9 Å². The van der Waals surface area contributed by atoms with Gasteiger partial charge in [-0.3, -0.25) is 0 Å². The molecule has 2 aromatic carbocycles. The molecule has 4 nitrogen and oxygen atoms in total. The second kappa shape index (κ2) is 6.90. The van der Waals surface area contributed by atoms with Crippen LogP contribution in [0.5, 0.6) is 11.5 Å². The Balaban J connectivity index is 1.99. The summed E-state index contributed by atoms with van der Waals surface area (Å²) in [4.78, 5) is 4.66. The Kier molecular flexibility index (Phi) is 4.68. The average molecular weight is 338 g/mol. The molecule has 0 saturated heterocycles. The van der Waals surface area contributed by atoms with E-state index in [1.807, 2.05) is 36.4 Å². The van der Waals surface area contributed by atoms with Crippen molar-refractivity contribution < 1.29 is 9.47 Å². The predicted octanol–water partition coefficient (Wildman–Crippen LogP) is 4.88. The van der Waals surface area contributed by atoms with Crippen molar-refractivity contribution in [1.82, 2.24) is 4.98 Å². The molecule has 0 spiro atoms. The van der Waals surface area contributed by atoms with Gasteiger partial charge in [0.1, 0.15) is 22.6 Å². The van der Waals surface area contributed by atoms with Crippen molar-refractivity contribution in [1.29, 1.82) is 5.26 Å². The van der Waals surface area contributed by atoms with Gasteiger partial charge in [-0.25, -0.2) is 4.98 Å². The number of nitrogens with zero attached hydrogens (tertiary/aromatic N) is 2. The SMILES string of the molecule is COc1cccc2nc(-c3ccc(OCC(C)C)c(C#N)c3)sc12. The van der Waals surface area contributed by atoms with Crippen LogP contribution in [0.15, 0.2) is 36.4 Å². The molecule has 3 rings (SSSR count). The van der Waals surface area contributed by atoms with Crippen molar-refractivity contribution in [2.24, 2.45) is 5.92 Å². The minimum absolute atomic E-state index is 0.410. The fraction of sp³-hybridized carbons (Fsp3) is 0.263. The van der Waals surface area contributed by atoms with E-state index in [1.165, 1.54) is 0 Å². The summed E-state index contributed by atoms with van der Waals surface area (Å²) in [5, 5.41) is 10.3. The first-order valence-electron chi connectivity index (χ1n) is 7.73. The Bertz CT molecular complexity index is 909. The van der Waals surface area contributed by atoms with Crippen molar-refractivity contribution in [3.8, 4) is 28.1 Å². The summed E-state index contributed by atoms with van der Waals surface area (Å²) in [6, 6.07) is 13.6. The van der Waals surface area contributed by atoms with E-state index in [0.29, 0.717) is 23.8 Å². The standard InChI is InChI=1S/C19H18N2O2S/c1-12(2)11-23-16-8-7-13(9-14(16)10-20)19-21-15-5-4-6-17(22-3)18(15)24-19/h4-9,12H,11H2,1-3H3. The number of fused-ring (bicyclic) bond motifs is 1. The van der Waals surface area contributed by atoms with Gasteiger partial charge in [0, 0.05) is 5.56 Å². The van der Waals surface area contributed by atoms with Gasteiger partial charge < -0.3 is 9.47 Å². The van der Waals surface area contributed by atoms with E-state index in [-0.39, 0.29) is 0 Å². The van der Waals surface area contributed by atoms with Gasteiger partial charge in [-0.15, -0.1) is 11.3 Å². The molecule has 1 aromatic heterocycles. The maximum Gasteiger partial charge on any atom is 0.138 e. The van der Waals surface area contributed by atoms with Crippen LogP contribution in [0.1, 0.15) is 19.4 Å². The number of rotatable bonds is 5. The van der Waals surface area contributed by atoms with Gasteiger partial charge in [0.15, 0.2) is 0 Å². The molecule has 0 aliphatic rings. The van der Waals surface area contributed by atoms with E-state index >= 15 is 0 Å². The highest BCUT2D eigenvalue weighted by atomic mass is 32.1. The Morgan fingerprint density at radius 3 is 2.75 bits per heavy atom. The molecule has 0 aliphatic carbocycles. The first-order chi connectivity index (χ1) is 11.6. The van der Waals surface area contributed by atoms with E-state index in [0.717, 1.165) is 26.5 Å². The zero-order valence-electron chi connectivity index (χ0n) is 13.9. The molecule has 0 atom stereocenters. The van der Waals surface area contributed by atoms with E-state index in [1.54, 1.807) is 18.4 Å². The Morgan fingerprint density at radius 1 is 1.21 bits per heavy atom. The molecule has 5 heteroatoms. The van der Waals surface area contributed by atoms with Gasteiger partial charge in [-0.05, 0) is 36.2 Å². The largest absolute Gasteiger partial charge is 0.495 e. The predicted molar refractivity (Wildman–Crippen MR) is 96.7 cm³/mol. The minimum atomic E-state index is 0.410. The third kappa shape index (κ3) is 3.19. The number of ether oxygens (including phenoxy) is 2. The lowest BCUT2D eigenvalue weighted by molar-refractivity contribution is 0.270. The van der Waals surface area contributed by atoms with Gasteiger partial charge in [-0.1, -0.05) is 19.9 Å². The van der Waals surface area contributed by atoms with Crippen LogP contribution in [0.2, 0.25) is 0 Å². The van der Waals surface area contributed by atoms with Gasteiger partial charge in [0.25, 0.3) is 0 Å². The Hall–Kier alpha value is -2.58. The van der Waals surface area contributed by atoms with Crippen molar-refractivity contribution in [2.45, 2.75) is 13.8 Å². The van der Waals surface area contributed by atoms with Crippen LogP contribution in [0.4, 0.5) is 0 Å². The molecule has 122 valence electrons. The van der Waals surface area contributed by atoms with Gasteiger partial charge >= 0.3 is 0 Å². The maximum absolute atomic E-state index is 9.41. The fourth-order valence-electron chi connectivity index (χ4n) is 2.34. The van der Waals surface area contributed by atoms with Gasteiger partial charge in [-0.2, -0.15) is 5.26 Å². The highest BCUT2D eigenvalue weighted by molar-refractivity contribution is 7.22. The first kappa shape index (κ1) is 16.3. The molecule has 0 fully saturated rings. The number of nitriles is 1. The Morgan fingerprint density at radius 2 is 2.04 bits per heavy atom. The summed E-state index contributed by atoms with van der Waals surface area (Å²) in [5.74, 6) is 1.84. The number of aromatic nitrogens is 1. The highest BCUT2D eigenvalue weighted by Crippen LogP contribution is 2.36. The monoisotopic (exact) mass is 338 g/mol. The first-order valence-corrected chi connectivity index (χ1v) is 8.55. The summed E-state index contributed by atoms with van der Waals surface area (Å²) in [6.45, 7) is 4.75. The quantitative estimate of drug-likeness (QED) is 0.665. The normalized spacial score (nSPS) is 10.8. The number of methoxy groups -OCH3 is 1. The molecule has 0 N–H and O–H groups in total. The summed E-state index contributed by atoms with van der Waals surface area (Å²) in [7, 11) is 1.66. The second-order valence-electron chi connectivity index (χ2n) is 5.86. The van der Waals surface area contributed by atoms with Crippen molar-refractivity contribution in [3.63, 3.8) is 0 Å². The lowest BCUT2D eigenvalue weighted by atomic mass is 10.1. The molecule has 24 heavy (non-hydrogen) atoms. The molecular formula is C19H18N2O2S. The summed E-state index contributed by atoms with van der Waals surface area (Å²) in [6.07, 6.45) is 0. The third-order valence-electron chi connectivity index (χ3n) is 3.52. The molecule has 0 aliphatic heterocycles. The number of benzene rings is 2. The molecule has 3 aromatic rings. The van der Waals surface area contributed by atoms with Crippen LogP contribution in [0, 0.1) is 17.2 Å². The van der Waals surface area contributed by atoms with Crippen molar-refractivity contribution in [3.05, 3.63) is 42.0 Å². The number of hydrogen-bond acceptors (Lipinski definition) is 5. The average Bonchev–Trinajstić information content (AvgIpc) is 3.03. The van der Waals surface area contributed by atoms with Crippen molar-refractivity contribution >= 4 is 21.6 Å². The van der Waals surface area contributed by atoms with Crippen LogP contribution in [-0.2, 0) is 0 Å². The summed E-state index contributed by atoms with van der Waals surface area (Å²) < 4.78 is 12.1. The van der Waals surface area contributed by atoms with Crippen LogP contribution in [0.25, 0.3) is 20.8 Å². The molecule has 1 heterocycles. The van der Waals surface area contributed by atoms with Crippen LogP contribution in [0.3, 0.4) is 0 Å². The lowest BCUT2D eigenvalue weighted by Gasteiger charge is -2.10. The molecule has 0 unspecified atom stereocenters. The van der Waals surface area contributed by atoms with Crippen LogP contribution in [-0.4, -0.2) is 18.7 Å². The lowest BCUT2D eigenvalue weighted by Crippen LogP contribution is -2.05. The topological polar surface area (TPSA) is 55.1 Å². The second-order valence-corrected chi connectivity index (χ2v) is 6.85. The summed E-state index contributed by atoms with van der Waals surface area (Å²) >= 11 is 1.56. The molecule has 0 radical (unpaired) electrons. The summed E-state index contributed by atoms with van der Waals surface area (Å²) in [5.41, 5.74) is 2.33. The zero-order chi connectivity index (χ0) is 17.1. The molecular weight excluding hydrogens is 320 g/mol.